The van der Waals surface area contributed by atoms with E-state index < -0.39 is 0 Å². The summed E-state index contributed by atoms with van der Waals surface area (Å²) < 4.78 is 0.960. The van der Waals surface area contributed by atoms with Gasteiger partial charge in [0, 0.05) is 28.9 Å². The number of aromatic nitrogens is 2. The highest BCUT2D eigenvalue weighted by molar-refractivity contribution is 14.1. The molecule has 1 N–H and O–H groups in total. The zero-order valence-electron chi connectivity index (χ0n) is 8.84. The molecule has 0 saturated carbocycles. The Morgan fingerprint density at radius 1 is 1.18 bits per heavy atom. The summed E-state index contributed by atoms with van der Waals surface area (Å²) in [4.78, 5) is 8.66. The van der Waals surface area contributed by atoms with Gasteiger partial charge in [-0.1, -0.05) is 23.2 Å². The van der Waals surface area contributed by atoms with E-state index in [1.54, 1.807) is 24.4 Å². The maximum absolute atomic E-state index is 5.95. The number of halogens is 3. The Hall–Kier alpha value is -0.590. The highest BCUT2D eigenvalue weighted by Crippen LogP contribution is 2.26. The maximum atomic E-state index is 5.95. The van der Waals surface area contributed by atoms with Crippen molar-refractivity contribution in [2.75, 3.05) is 12.4 Å². The average Bonchev–Trinajstić information content (AvgIpc) is 2.28. The van der Waals surface area contributed by atoms with Gasteiger partial charge in [-0.15, -0.1) is 0 Å². The van der Waals surface area contributed by atoms with E-state index in [4.69, 9.17) is 23.2 Å². The third kappa shape index (κ3) is 3.00. The fraction of sp³-hybridized carbons (Fsp3) is 0.0909. The fourth-order valence-corrected chi connectivity index (χ4v) is 2.42. The molecule has 0 aliphatic rings. The van der Waals surface area contributed by atoms with Crippen molar-refractivity contribution in [1.82, 2.24) is 9.97 Å². The van der Waals surface area contributed by atoms with Crippen LogP contribution in [-0.4, -0.2) is 17.0 Å². The van der Waals surface area contributed by atoms with Crippen LogP contribution in [0.25, 0.3) is 11.4 Å². The molecule has 0 aliphatic heterocycles. The number of nitrogens with zero attached hydrogens (tertiary/aromatic N) is 2. The van der Waals surface area contributed by atoms with Crippen LogP contribution in [0.15, 0.2) is 24.4 Å². The van der Waals surface area contributed by atoms with Gasteiger partial charge in [0.25, 0.3) is 0 Å². The highest BCUT2D eigenvalue weighted by atomic mass is 127. The summed E-state index contributed by atoms with van der Waals surface area (Å²) in [5.74, 6) is 1.38. The number of anilines is 1. The predicted molar refractivity (Wildman–Crippen MR) is 79.8 cm³/mol. The van der Waals surface area contributed by atoms with E-state index in [0.29, 0.717) is 15.9 Å². The van der Waals surface area contributed by atoms with Crippen LogP contribution in [0.1, 0.15) is 0 Å². The van der Waals surface area contributed by atoms with E-state index in [-0.39, 0.29) is 0 Å². The van der Waals surface area contributed by atoms with Gasteiger partial charge in [-0.2, -0.15) is 0 Å². The van der Waals surface area contributed by atoms with Crippen molar-refractivity contribution in [2.24, 2.45) is 0 Å². The molecular weight excluding hydrogens is 372 g/mol. The van der Waals surface area contributed by atoms with Crippen molar-refractivity contribution in [2.45, 2.75) is 0 Å². The molecule has 88 valence electrons. The zero-order chi connectivity index (χ0) is 12.4. The predicted octanol–water partition coefficient (Wildman–Crippen LogP) is 4.10. The first kappa shape index (κ1) is 12.9. The highest BCUT2D eigenvalue weighted by Gasteiger charge is 2.07. The summed E-state index contributed by atoms with van der Waals surface area (Å²) in [6, 6.07) is 5.25. The molecule has 17 heavy (non-hydrogen) atoms. The summed E-state index contributed by atoms with van der Waals surface area (Å²) in [6.45, 7) is 0. The van der Waals surface area contributed by atoms with Crippen molar-refractivity contribution in [3.8, 4) is 11.4 Å². The van der Waals surface area contributed by atoms with Crippen LogP contribution in [0.3, 0.4) is 0 Å². The molecule has 0 spiro atoms. The Morgan fingerprint density at radius 3 is 2.41 bits per heavy atom. The lowest BCUT2D eigenvalue weighted by molar-refractivity contribution is 1.15. The molecular formula is C11H8Cl2IN3. The number of hydrogen-bond donors (Lipinski definition) is 1. The molecule has 1 aromatic carbocycles. The van der Waals surface area contributed by atoms with E-state index in [9.17, 15) is 0 Å². The van der Waals surface area contributed by atoms with Gasteiger partial charge in [0.15, 0.2) is 5.82 Å². The summed E-state index contributed by atoms with van der Waals surface area (Å²) in [5, 5.41) is 4.15. The van der Waals surface area contributed by atoms with E-state index in [1.807, 2.05) is 7.05 Å². The molecule has 1 heterocycles. The van der Waals surface area contributed by atoms with Gasteiger partial charge in [-0.3, -0.25) is 0 Å². The van der Waals surface area contributed by atoms with Gasteiger partial charge < -0.3 is 5.32 Å². The second-order valence-electron chi connectivity index (χ2n) is 3.30. The van der Waals surface area contributed by atoms with E-state index in [1.165, 1.54) is 0 Å². The van der Waals surface area contributed by atoms with Crippen LogP contribution >= 0.6 is 45.8 Å². The minimum atomic E-state index is 0.570. The van der Waals surface area contributed by atoms with Gasteiger partial charge in [0.05, 0.1) is 3.57 Å². The minimum Gasteiger partial charge on any atom is -0.372 e. The Bertz CT molecular complexity index is 540. The lowest BCUT2D eigenvalue weighted by atomic mass is 10.2. The first-order valence-corrected chi connectivity index (χ1v) is 6.60. The Balaban J connectivity index is 2.52. The molecule has 2 rings (SSSR count). The molecule has 0 amide bonds. The van der Waals surface area contributed by atoms with Crippen LogP contribution in [0.5, 0.6) is 0 Å². The third-order valence-corrected chi connectivity index (χ3v) is 3.33. The van der Waals surface area contributed by atoms with Crippen LogP contribution in [0.4, 0.5) is 5.82 Å². The molecule has 0 unspecified atom stereocenters. The molecule has 0 atom stereocenters. The van der Waals surface area contributed by atoms with Crippen LogP contribution in [0.2, 0.25) is 10.0 Å². The van der Waals surface area contributed by atoms with Crippen LogP contribution < -0.4 is 5.32 Å². The number of benzene rings is 1. The SMILES string of the molecule is CNc1nc(-c2cc(Cl)cc(Cl)c2)ncc1I. The minimum absolute atomic E-state index is 0.570. The largest absolute Gasteiger partial charge is 0.372 e. The molecule has 3 nitrogen and oxygen atoms in total. The first-order chi connectivity index (χ1) is 8.10. The van der Waals surface area contributed by atoms with Crippen molar-refractivity contribution >= 4 is 51.6 Å². The smallest absolute Gasteiger partial charge is 0.161 e. The number of rotatable bonds is 2. The van der Waals surface area contributed by atoms with Gasteiger partial charge in [-0.25, -0.2) is 9.97 Å². The van der Waals surface area contributed by atoms with Gasteiger partial charge in [-0.05, 0) is 40.8 Å². The summed E-state index contributed by atoms with van der Waals surface area (Å²) >= 11 is 14.1. The van der Waals surface area contributed by atoms with Crippen molar-refractivity contribution < 1.29 is 0 Å². The first-order valence-electron chi connectivity index (χ1n) is 4.77. The molecule has 0 bridgehead atoms. The van der Waals surface area contributed by atoms with Gasteiger partial charge in [0.2, 0.25) is 0 Å². The summed E-state index contributed by atoms with van der Waals surface area (Å²) in [6.07, 6.45) is 1.75. The van der Waals surface area contributed by atoms with Crippen molar-refractivity contribution in [3.63, 3.8) is 0 Å². The Kier molecular flexibility index (Phi) is 4.06. The normalized spacial score (nSPS) is 10.4. The van der Waals surface area contributed by atoms with Crippen LogP contribution in [-0.2, 0) is 0 Å². The molecule has 0 saturated heterocycles. The van der Waals surface area contributed by atoms with Crippen LogP contribution in [0, 0.1) is 3.57 Å². The quantitative estimate of drug-likeness (QED) is 0.798. The fourth-order valence-electron chi connectivity index (χ4n) is 1.36. The lowest BCUT2D eigenvalue weighted by Gasteiger charge is -2.06. The van der Waals surface area contributed by atoms with E-state index in [0.717, 1.165) is 15.0 Å². The van der Waals surface area contributed by atoms with Gasteiger partial charge >= 0.3 is 0 Å². The second kappa shape index (κ2) is 5.37. The molecule has 0 fully saturated rings. The standard InChI is InChI=1S/C11H8Cl2IN3/c1-15-11-9(14)5-16-10(17-11)6-2-7(12)4-8(13)3-6/h2-5H,1H3,(H,15,16,17). The molecule has 6 heteroatoms. The summed E-state index contributed by atoms with van der Waals surface area (Å²) in [5.41, 5.74) is 0.801. The third-order valence-electron chi connectivity index (χ3n) is 2.10. The topological polar surface area (TPSA) is 37.8 Å². The summed E-state index contributed by atoms with van der Waals surface area (Å²) in [7, 11) is 1.82. The van der Waals surface area contributed by atoms with Crippen molar-refractivity contribution in [3.05, 3.63) is 38.0 Å². The number of nitrogens with one attached hydrogen (secondary N) is 1. The number of hydrogen-bond acceptors (Lipinski definition) is 3. The lowest BCUT2D eigenvalue weighted by Crippen LogP contribution is -1.99. The van der Waals surface area contributed by atoms with E-state index in [2.05, 4.69) is 37.9 Å². The Morgan fingerprint density at radius 2 is 1.82 bits per heavy atom. The maximum Gasteiger partial charge on any atom is 0.161 e. The zero-order valence-corrected chi connectivity index (χ0v) is 12.5. The molecule has 0 aliphatic carbocycles. The molecule has 1 aromatic heterocycles. The average molecular weight is 380 g/mol. The Labute approximate surface area is 123 Å². The second-order valence-corrected chi connectivity index (χ2v) is 5.33. The monoisotopic (exact) mass is 379 g/mol. The van der Waals surface area contributed by atoms with Crippen molar-refractivity contribution in [1.29, 1.82) is 0 Å². The van der Waals surface area contributed by atoms with Gasteiger partial charge in [0.1, 0.15) is 5.82 Å². The molecule has 0 radical (unpaired) electrons. The molecule has 2 aromatic rings. The van der Waals surface area contributed by atoms with E-state index >= 15 is 0 Å².